The zero-order chi connectivity index (χ0) is 17.9. The molecule has 0 aromatic carbocycles. The topological polar surface area (TPSA) is 73.0 Å². The molecule has 7 nitrogen and oxygen atoms in total. The van der Waals surface area contributed by atoms with Crippen LogP contribution in [0.3, 0.4) is 0 Å². The van der Waals surface area contributed by atoms with E-state index >= 15 is 0 Å². The molecule has 9 heteroatoms. The van der Waals surface area contributed by atoms with Gasteiger partial charge in [0.15, 0.2) is 0 Å². The third-order valence-electron chi connectivity index (χ3n) is 4.70. The number of nitrogens with one attached hydrogen (secondary N) is 1. The van der Waals surface area contributed by atoms with E-state index in [4.69, 9.17) is 0 Å². The highest BCUT2D eigenvalue weighted by atomic mass is 32.2. The molecule has 2 fully saturated rings. The van der Waals surface area contributed by atoms with Crippen molar-refractivity contribution in [2.45, 2.75) is 32.2 Å². The Morgan fingerprint density at radius 2 is 1.80 bits per heavy atom. The van der Waals surface area contributed by atoms with Gasteiger partial charge < -0.3 is 10.2 Å². The zero-order valence-corrected chi connectivity index (χ0v) is 16.2. The summed E-state index contributed by atoms with van der Waals surface area (Å²) in [4.78, 5) is 15.3. The van der Waals surface area contributed by atoms with Gasteiger partial charge in [0, 0.05) is 56.6 Å². The summed E-state index contributed by atoms with van der Waals surface area (Å²) in [6.45, 7) is 4.82. The molecule has 2 saturated heterocycles. The zero-order valence-electron chi connectivity index (χ0n) is 14.6. The van der Waals surface area contributed by atoms with Crippen molar-refractivity contribution in [2.75, 3.05) is 39.3 Å². The second-order valence-electron chi connectivity index (χ2n) is 6.63. The molecule has 0 aliphatic carbocycles. The van der Waals surface area contributed by atoms with E-state index in [0.29, 0.717) is 39.3 Å². The van der Waals surface area contributed by atoms with Crippen LogP contribution in [0.5, 0.6) is 0 Å². The first kappa shape index (κ1) is 18.6. The summed E-state index contributed by atoms with van der Waals surface area (Å²) >= 11 is 1.69. The molecule has 2 aliphatic rings. The van der Waals surface area contributed by atoms with Gasteiger partial charge in [0.2, 0.25) is 0 Å². The fourth-order valence-corrected chi connectivity index (χ4v) is 5.79. The van der Waals surface area contributed by atoms with Crippen LogP contribution in [-0.4, -0.2) is 73.3 Å². The summed E-state index contributed by atoms with van der Waals surface area (Å²) < 4.78 is 28.2. The normalized spacial score (nSPS) is 21.4. The Morgan fingerprint density at radius 1 is 1.16 bits per heavy atom. The molecule has 0 radical (unpaired) electrons. The molecule has 1 aromatic rings. The summed E-state index contributed by atoms with van der Waals surface area (Å²) in [5.74, 6) is 0. The monoisotopic (exact) mass is 386 g/mol. The van der Waals surface area contributed by atoms with Gasteiger partial charge in [-0.2, -0.15) is 17.0 Å². The van der Waals surface area contributed by atoms with Crippen molar-refractivity contribution in [3.8, 4) is 0 Å². The Labute approximate surface area is 153 Å². The van der Waals surface area contributed by atoms with Crippen molar-refractivity contribution in [3.05, 3.63) is 22.4 Å². The number of amides is 2. The van der Waals surface area contributed by atoms with Gasteiger partial charge in [-0.15, -0.1) is 11.3 Å². The lowest BCUT2D eigenvalue weighted by molar-refractivity contribution is 0.167. The molecule has 2 amide bonds. The number of nitrogens with zero attached hydrogens (tertiary/aromatic N) is 3. The van der Waals surface area contributed by atoms with E-state index in [0.717, 1.165) is 19.3 Å². The number of hydrogen-bond acceptors (Lipinski definition) is 4. The van der Waals surface area contributed by atoms with Gasteiger partial charge in [-0.3, -0.25) is 0 Å². The maximum Gasteiger partial charge on any atom is 0.317 e. The minimum atomic E-state index is -3.36. The predicted octanol–water partition coefficient (Wildman–Crippen LogP) is 1.35. The predicted molar refractivity (Wildman–Crippen MR) is 98.9 cm³/mol. The number of carbonyl (C=O) groups is 1. The van der Waals surface area contributed by atoms with Crippen molar-refractivity contribution in [2.24, 2.45) is 0 Å². The van der Waals surface area contributed by atoms with E-state index in [9.17, 15) is 13.2 Å². The minimum absolute atomic E-state index is 0.0533. The van der Waals surface area contributed by atoms with Crippen LogP contribution in [0.2, 0.25) is 0 Å². The summed E-state index contributed by atoms with van der Waals surface area (Å²) in [6.07, 6.45) is 2.68. The minimum Gasteiger partial charge on any atom is -0.335 e. The van der Waals surface area contributed by atoms with Gasteiger partial charge in [0.05, 0.1) is 0 Å². The molecule has 25 heavy (non-hydrogen) atoms. The Kier molecular flexibility index (Phi) is 5.98. The first-order chi connectivity index (χ1) is 12.0. The van der Waals surface area contributed by atoms with Gasteiger partial charge in [0.25, 0.3) is 10.2 Å². The maximum atomic E-state index is 12.6. The largest absolute Gasteiger partial charge is 0.335 e. The number of piperazine rings is 1. The summed E-state index contributed by atoms with van der Waals surface area (Å²) in [7, 11) is -3.36. The van der Waals surface area contributed by atoms with Crippen molar-refractivity contribution in [1.29, 1.82) is 0 Å². The molecule has 3 heterocycles. The highest BCUT2D eigenvalue weighted by molar-refractivity contribution is 7.86. The van der Waals surface area contributed by atoms with Gasteiger partial charge in [-0.1, -0.05) is 6.07 Å². The lowest BCUT2D eigenvalue weighted by Crippen LogP contribution is -2.56. The van der Waals surface area contributed by atoms with Crippen molar-refractivity contribution >= 4 is 27.6 Å². The third-order valence-corrected chi connectivity index (χ3v) is 7.63. The fourth-order valence-electron chi connectivity index (χ4n) is 3.29. The van der Waals surface area contributed by atoms with Crippen LogP contribution >= 0.6 is 11.3 Å². The van der Waals surface area contributed by atoms with Crippen LogP contribution < -0.4 is 5.32 Å². The van der Waals surface area contributed by atoms with Crippen LogP contribution in [0.4, 0.5) is 4.79 Å². The summed E-state index contributed by atoms with van der Waals surface area (Å²) in [6, 6.07) is 4.02. The average Bonchev–Trinajstić information content (AvgIpc) is 3.28. The van der Waals surface area contributed by atoms with Crippen LogP contribution in [0.1, 0.15) is 24.6 Å². The molecule has 0 unspecified atom stereocenters. The molecule has 3 rings (SSSR count). The quantitative estimate of drug-likeness (QED) is 0.830. The SMILES string of the molecule is C[C@H](Cc1cccs1)NC(=O)N1CCN(S(=O)(=O)N2CCCC2)CC1. The van der Waals surface area contributed by atoms with Crippen molar-refractivity contribution in [3.63, 3.8) is 0 Å². The van der Waals surface area contributed by atoms with Crippen LogP contribution in [0.15, 0.2) is 17.5 Å². The fraction of sp³-hybridized carbons (Fsp3) is 0.688. The summed E-state index contributed by atoms with van der Waals surface area (Å²) in [5, 5.41) is 5.04. The van der Waals surface area contributed by atoms with Gasteiger partial charge in [-0.05, 0) is 31.2 Å². The number of urea groups is 1. The van der Waals surface area contributed by atoms with Crippen LogP contribution in [0.25, 0.3) is 0 Å². The highest BCUT2D eigenvalue weighted by Crippen LogP contribution is 2.18. The maximum absolute atomic E-state index is 12.6. The van der Waals surface area contributed by atoms with E-state index in [1.807, 2.05) is 18.4 Å². The second-order valence-corrected chi connectivity index (χ2v) is 9.59. The van der Waals surface area contributed by atoms with Gasteiger partial charge in [-0.25, -0.2) is 4.79 Å². The first-order valence-electron chi connectivity index (χ1n) is 8.80. The molecule has 1 N–H and O–H groups in total. The van der Waals surface area contributed by atoms with Crippen LogP contribution in [-0.2, 0) is 16.6 Å². The van der Waals surface area contributed by atoms with Gasteiger partial charge in [0.1, 0.15) is 0 Å². The lowest BCUT2D eigenvalue weighted by Gasteiger charge is -2.36. The first-order valence-corrected chi connectivity index (χ1v) is 11.1. The Bertz CT molecular complexity index is 664. The second kappa shape index (κ2) is 8.03. The van der Waals surface area contributed by atoms with Gasteiger partial charge >= 0.3 is 6.03 Å². The molecule has 140 valence electrons. The average molecular weight is 387 g/mol. The Morgan fingerprint density at radius 3 is 2.40 bits per heavy atom. The smallest absolute Gasteiger partial charge is 0.317 e. The highest BCUT2D eigenvalue weighted by Gasteiger charge is 2.34. The molecule has 1 atom stereocenters. The number of hydrogen-bond donors (Lipinski definition) is 1. The third kappa shape index (κ3) is 4.52. The van der Waals surface area contributed by atoms with Crippen LogP contribution in [0, 0.1) is 0 Å². The Balaban J connectivity index is 1.47. The number of thiophene rings is 1. The molecular weight excluding hydrogens is 360 g/mol. The summed E-state index contributed by atoms with van der Waals surface area (Å²) in [5.41, 5.74) is 0. The van der Waals surface area contributed by atoms with E-state index in [1.54, 1.807) is 20.5 Å². The van der Waals surface area contributed by atoms with Crippen molar-refractivity contribution < 1.29 is 13.2 Å². The van der Waals surface area contributed by atoms with E-state index in [-0.39, 0.29) is 12.1 Å². The van der Waals surface area contributed by atoms with Crippen molar-refractivity contribution in [1.82, 2.24) is 18.8 Å². The lowest BCUT2D eigenvalue weighted by atomic mass is 10.2. The molecule has 1 aromatic heterocycles. The number of rotatable bonds is 5. The number of carbonyl (C=O) groups excluding carboxylic acids is 1. The molecule has 0 saturated carbocycles. The molecule has 2 aliphatic heterocycles. The molecule has 0 spiro atoms. The molecule has 0 bridgehead atoms. The van der Waals surface area contributed by atoms with E-state index < -0.39 is 10.2 Å². The standard InChI is InChI=1S/C16H26N4O3S2/c1-14(13-15-5-4-12-24-15)17-16(21)18-8-10-20(11-9-18)25(22,23)19-6-2-3-7-19/h4-5,12,14H,2-3,6-11,13H2,1H3,(H,17,21)/t14-/m1/s1. The Hall–Kier alpha value is -1.16. The van der Waals surface area contributed by atoms with E-state index in [2.05, 4.69) is 11.4 Å². The van der Waals surface area contributed by atoms with E-state index in [1.165, 1.54) is 9.18 Å². The molecular formula is C16H26N4O3S2.